The van der Waals surface area contributed by atoms with Gasteiger partial charge in [0, 0.05) is 11.6 Å². The highest BCUT2D eigenvalue weighted by molar-refractivity contribution is 5.75. The minimum Gasteiger partial charge on any atom is -0.497 e. The Bertz CT molecular complexity index is 999. The number of aromatic nitrogens is 4. The number of amides is 1. The van der Waals surface area contributed by atoms with Gasteiger partial charge in [0.1, 0.15) is 18.6 Å². The van der Waals surface area contributed by atoms with Crippen molar-refractivity contribution in [2.24, 2.45) is 0 Å². The van der Waals surface area contributed by atoms with Crippen molar-refractivity contribution in [3.8, 4) is 17.0 Å². The summed E-state index contributed by atoms with van der Waals surface area (Å²) in [4.78, 5) is 32.3. The third kappa shape index (κ3) is 4.75. The summed E-state index contributed by atoms with van der Waals surface area (Å²) in [6.07, 6.45) is 1.45. The zero-order valence-electron chi connectivity index (χ0n) is 15.0. The maximum Gasteiger partial charge on any atom is 0.267 e. The van der Waals surface area contributed by atoms with Crippen molar-refractivity contribution in [1.29, 1.82) is 0 Å². The smallest absolute Gasteiger partial charge is 0.267 e. The number of carbonyl (C=O) groups is 1. The Morgan fingerprint density at radius 1 is 1.15 bits per heavy atom. The molecule has 8 heteroatoms. The predicted octanol–water partition coefficient (Wildman–Crippen LogP) is 1.33. The molecule has 0 radical (unpaired) electrons. The zero-order valence-corrected chi connectivity index (χ0v) is 15.0. The van der Waals surface area contributed by atoms with E-state index in [0.29, 0.717) is 11.4 Å². The number of nitrogens with one attached hydrogen (secondary N) is 1. The fraction of sp³-hybridized carbons (Fsp3) is 0.211. The number of hydrogen-bond acceptors (Lipinski definition) is 6. The van der Waals surface area contributed by atoms with E-state index in [-0.39, 0.29) is 24.6 Å². The molecule has 0 aliphatic rings. The van der Waals surface area contributed by atoms with Crippen LogP contribution in [0.5, 0.6) is 5.75 Å². The highest BCUT2D eigenvalue weighted by Gasteiger charge is 2.08. The van der Waals surface area contributed by atoms with Gasteiger partial charge in [-0.25, -0.2) is 14.6 Å². The highest BCUT2D eigenvalue weighted by Crippen LogP contribution is 2.20. The first kappa shape index (κ1) is 18.2. The molecule has 2 heterocycles. The molecule has 138 valence electrons. The summed E-state index contributed by atoms with van der Waals surface area (Å²) in [5.74, 6) is 0.445. The van der Waals surface area contributed by atoms with Crippen LogP contribution in [0.1, 0.15) is 11.4 Å². The highest BCUT2D eigenvalue weighted by atomic mass is 16.5. The van der Waals surface area contributed by atoms with Gasteiger partial charge in [-0.05, 0) is 43.3 Å². The van der Waals surface area contributed by atoms with Gasteiger partial charge < -0.3 is 10.1 Å². The first-order valence-electron chi connectivity index (χ1n) is 8.32. The average molecular weight is 365 g/mol. The van der Waals surface area contributed by atoms with Crippen molar-refractivity contribution in [2.75, 3.05) is 7.11 Å². The minimum absolute atomic E-state index is 0.142. The van der Waals surface area contributed by atoms with Crippen molar-refractivity contribution >= 4 is 5.91 Å². The topological polar surface area (TPSA) is 99.0 Å². The lowest BCUT2D eigenvalue weighted by molar-refractivity contribution is -0.122. The summed E-state index contributed by atoms with van der Waals surface area (Å²) in [5, 5.41) is 6.79. The molecule has 0 saturated heterocycles. The van der Waals surface area contributed by atoms with Gasteiger partial charge in [-0.1, -0.05) is 0 Å². The van der Waals surface area contributed by atoms with E-state index < -0.39 is 0 Å². The number of nitrogens with zero attached hydrogens (tertiary/aromatic N) is 4. The van der Waals surface area contributed by atoms with Crippen LogP contribution < -0.4 is 15.6 Å². The van der Waals surface area contributed by atoms with Crippen molar-refractivity contribution in [2.45, 2.75) is 20.0 Å². The molecule has 27 heavy (non-hydrogen) atoms. The molecule has 0 aliphatic heterocycles. The molecule has 8 nitrogen and oxygen atoms in total. The summed E-state index contributed by atoms with van der Waals surface area (Å²) >= 11 is 0. The Hall–Kier alpha value is -3.55. The third-order valence-corrected chi connectivity index (χ3v) is 3.87. The van der Waals surface area contributed by atoms with E-state index in [4.69, 9.17) is 4.74 Å². The number of benzene rings is 1. The summed E-state index contributed by atoms with van der Waals surface area (Å²) in [5.41, 5.74) is 2.67. The Labute approximate surface area is 155 Å². The zero-order chi connectivity index (χ0) is 19.2. The van der Waals surface area contributed by atoms with Crippen LogP contribution in [0.4, 0.5) is 0 Å². The molecule has 1 aromatic carbocycles. The van der Waals surface area contributed by atoms with Crippen molar-refractivity contribution in [3.63, 3.8) is 0 Å². The number of carbonyl (C=O) groups excluding carboxylic acids is 1. The van der Waals surface area contributed by atoms with Gasteiger partial charge in [0.05, 0.1) is 30.7 Å². The molecule has 3 aromatic rings. The second-order valence-electron chi connectivity index (χ2n) is 5.87. The maximum absolute atomic E-state index is 12.1. The first-order valence-corrected chi connectivity index (χ1v) is 8.32. The molecule has 0 unspecified atom stereocenters. The van der Waals surface area contributed by atoms with Crippen LogP contribution in [0.25, 0.3) is 11.3 Å². The Morgan fingerprint density at radius 3 is 2.67 bits per heavy atom. The number of hydrogen-bond donors (Lipinski definition) is 1. The Kier molecular flexibility index (Phi) is 5.55. The van der Waals surface area contributed by atoms with Crippen molar-refractivity contribution < 1.29 is 9.53 Å². The standard InChI is InChI=1S/C19H19N5O3/c1-13-3-8-19(26)24(23-13)11-18(25)20-10-15-9-17(22-12-21-15)14-4-6-16(27-2)7-5-14/h3-9,12H,10-11H2,1-2H3,(H,20,25). The first-order chi connectivity index (χ1) is 13.0. The number of aryl methyl sites for hydroxylation is 1. The van der Waals surface area contributed by atoms with E-state index in [1.54, 1.807) is 26.2 Å². The van der Waals surface area contributed by atoms with Gasteiger partial charge >= 0.3 is 0 Å². The molecule has 0 bridgehead atoms. The van der Waals surface area contributed by atoms with E-state index in [0.717, 1.165) is 21.7 Å². The minimum atomic E-state index is -0.320. The van der Waals surface area contributed by atoms with Crippen LogP contribution in [-0.2, 0) is 17.9 Å². The fourth-order valence-corrected chi connectivity index (χ4v) is 2.46. The second kappa shape index (κ2) is 8.22. The van der Waals surface area contributed by atoms with Crippen LogP contribution >= 0.6 is 0 Å². The second-order valence-corrected chi connectivity index (χ2v) is 5.87. The Morgan fingerprint density at radius 2 is 1.93 bits per heavy atom. The van der Waals surface area contributed by atoms with Crippen LogP contribution in [0.15, 0.2) is 53.6 Å². The summed E-state index contributed by atoms with van der Waals surface area (Å²) in [6.45, 7) is 1.84. The molecule has 0 aliphatic carbocycles. The molecular weight excluding hydrogens is 346 g/mol. The quantitative estimate of drug-likeness (QED) is 0.708. The molecule has 0 spiro atoms. The third-order valence-electron chi connectivity index (χ3n) is 3.87. The lowest BCUT2D eigenvalue weighted by Gasteiger charge is -2.08. The van der Waals surface area contributed by atoms with Gasteiger partial charge in [0.2, 0.25) is 5.91 Å². The molecule has 1 N–H and O–H groups in total. The van der Waals surface area contributed by atoms with Crippen LogP contribution in [-0.4, -0.2) is 32.8 Å². The molecule has 3 rings (SSSR count). The summed E-state index contributed by atoms with van der Waals surface area (Å²) < 4.78 is 6.28. The summed E-state index contributed by atoms with van der Waals surface area (Å²) in [6, 6.07) is 12.3. The van der Waals surface area contributed by atoms with Gasteiger partial charge in [0.15, 0.2) is 0 Å². The normalized spacial score (nSPS) is 10.4. The fourth-order valence-electron chi connectivity index (χ4n) is 2.46. The molecule has 0 atom stereocenters. The number of rotatable bonds is 6. The van der Waals surface area contributed by atoms with Gasteiger partial charge in [0.25, 0.3) is 5.56 Å². The predicted molar refractivity (Wildman–Crippen MR) is 99.1 cm³/mol. The lowest BCUT2D eigenvalue weighted by Crippen LogP contribution is -2.33. The van der Waals surface area contributed by atoms with E-state index >= 15 is 0 Å². The van der Waals surface area contributed by atoms with E-state index in [2.05, 4.69) is 20.4 Å². The van der Waals surface area contributed by atoms with Gasteiger partial charge in [-0.3, -0.25) is 9.59 Å². The molecule has 1 amide bonds. The number of ether oxygens (including phenoxy) is 1. The van der Waals surface area contributed by atoms with Crippen LogP contribution in [0.3, 0.4) is 0 Å². The monoisotopic (exact) mass is 365 g/mol. The molecule has 0 fully saturated rings. The Balaban J connectivity index is 1.64. The van der Waals surface area contributed by atoms with Crippen molar-refractivity contribution in [3.05, 3.63) is 70.5 Å². The molecule has 0 saturated carbocycles. The van der Waals surface area contributed by atoms with E-state index in [1.807, 2.05) is 24.3 Å². The largest absolute Gasteiger partial charge is 0.497 e. The van der Waals surface area contributed by atoms with Crippen LogP contribution in [0, 0.1) is 6.92 Å². The van der Waals surface area contributed by atoms with Gasteiger partial charge in [-0.2, -0.15) is 5.10 Å². The lowest BCUT2D eigenvalue weighted by atomic mass is 10.1. The molecule has 2 aromatic heterocycles. The summed E-state index contributed by atoms with van der Waals surface area (Å²) in [7, 11) is 1.61. The average Bonchev–Trinajstić information content (AvgIpc) is 2.69. The maximum atomic E-state index is 12.1. The van der Waals surface area contributed by atoms with E-state index in [1.165, 1.54) is 12.4 Å². The SMILES string of the molecule is COc1ccc(-c2cc(CNC(=O)Cn3nc(C)ccc3=O)ncn2)cc1. The molecular formula is C19H19N5O3. The van der Waals surface area contributed by atoms with Crippen LogP contribution in [0.2, 0.25) is 0 Å². The van der Waals surface area contributed by atoms with Crippen molar-refractivity contribution in [1.82, 2.24) is 25.1 Å². The van der Waals surface area contributed by atoms with Gasteiger partial charge in [-0.15, -0.1) is 0 Å². The van der Waals surface area contributed by atoms with E-state index in [9.17, 15) is 9.59 Å². The number of methoxy groups -OCH3 is 1.